The highest BCUT2D eigenvalue weighted by atomic mass is 32.2. The SMILES string of the molecule is CS(=O)(=O)N1CCN(C(=O)CCc2nccs2)CC1. The first-order valence-corrected chi connectivity index (χ1v) is 8.81. The number of nitrogens with zero attached hydrogens (tertiary/aromatic N) is 3. The minimum atomic E-state index is -3.14. The van der Waals surface area contributed by atoms with Crippen molar-refractivity contribution >= 4 is 27.3 Å². The first kappa shape index (κ1) is 14.4. The molecule has 2 heterocycles. The summed E-state index contributed by atoms with van der Waals surface area (Å²) < 4.78 is 24.1. The Labute approximate surface area is 117 Å². The molecule has 0 unspecified atom stereocenters. The number of aryl methyl sites for hydroxylation is 1. The number of amides is 1. The third kappa shape index (κ3) is 3.99. The molecule has 1 aromatic heterocycles. The summed E-state index contributed by atoms with van der Waals surface area (Å²) in [5, 5.41) is 2.85. The molecule has 0 atom stereocenters. The van der Waals surface area contributed by atoms with Crippen LogP contribution in [0.3, 0.4) is 0 Å². The molecule has 0 aromatic carbocycles. The van der Waals surface area contributed by atoms with Crippen LogP contribution in [0.2, 0.25) is 0 Å². The smallest absolute Gasteiger partial charge is 0.223 e. The van der Waals surface area contributed by atoms with Crippen molar-refractivity contribution in [3.63, 3.8) is 0 Å². The van der Waals surface area contributed by atoms with E-state index < -0.39 is 10.0 Å². The Morgan fingerprint density at radius 3 is 2.58 bits per heavy atom. The summed E-state index contributed by atoms with van der Waals surface area (Å²) in [4.78, 5) is 17.9. The predicted molar refractivity (Wildman–Crippen MR) is 73.4 cm³/mol. The van der Waals surface area contributed by atoms with Gasteiger partial charge in [-0.3, -0.25) is 4.79 Å². The fourth-order valence-corrected chi connectivity index (χ4v) is 3.46. The van der Waals surface area contributed by atoms with Gasteiger partial charge in [0.15, 0.2) is 0 Å². The highest BCUT2D eigenvalue weighted by molar-refractivity contribution is 7.88. The molecule has 1 aliphatic heterocycles. The minimum Gasteiger partial charge on any atom is -0.340 e. The molecule has 0 radical (unpaired) electrons. The number of piperazine rings is 1. The van der Waals surface area contributed by atoms with Crippen LogP contribution in [0.5, 0.6) is 0 Å². The number of aromatic nitrogens is 1. The molecule has 0 aliphatic carbocycles. The summed E-state index contributed by atoms with van der Waals surface area (Å²) in [6.07, 6.45) is 4.03. The van der Waals surface area contributed by atoms with E-state index in [1.54, 1.807) is 22.4 Å². The third-order valence-electron chi connectivity index (χ3n) is 3.10. The molecule has 8 heteroatoms. The van der Waals surface area contributed by atoms with Gasteiger partial charge in [0.05, 0.1) is 11.3 Å². The first-order chi connectivity index (χ1) is 8.97. The van der Waals surface area contributed by atoms with Gasteiger partial charge in [-0.2, -0.15) is 4.31 Å². The summed E-state index contributed by atoms with van der Waals surface area (Å²) in [5.74, 6) is 0.0725. The van der Waals surface area contributed by atoms with Gasteiger partial charge < -0.3 is 4.90 Å². The average molecular weight is 303 g/mol. The van der Waals surface area contributed by atoms with Crippen molar-refractivity contribution in [3.05, 3.63) is 16.6 Å². The van der Waals surface area contributed by atoms with Crippen molar-refractivity contribution in [2.75, 3.05) is 32.4 Å². The van der Waals surface area contributed by atoms with Gasteiger partial charge in [0.2, 0.25) is 15.9 Å². The molecule has 0 saturated carbocycles. The highest BCUT2D eigenvalue weighted by Crippen LogP contribution is 2.11. The summed E-state index contributed by atoms with van der Waals surface area (Å²) >= 11 is 1.55. The number of hydrogen-bond donors (Lipinski definition) is 0. The van der Waals surface area contributed by atoms with E-state index in [0.717, 1.165) is 5.01 Å². The van der Waals surface area contributed by atoms with E-state index in [1.807, 2.05) is 5.38 Å². The summed E-state index contributed by atoms with van der Waals surface area (Å²) in [5.41, 5.74) is 0. The van der Waals surface area contributed by atoms with E-state index in [9.17, 15) is 13.2 Å². The predicted octanol–water partition coefficient (Wildman–Crippen LogP) is 0.180. The topological polar surface area (TPSA) is 70.6 Å². The molecule has 19 heavy (non-hydrogen) atoms. The van der Waals surface area contributed by atoms with Gasteiger partial charge in [-0.15, -0.1) is 11.3 Å². The van der Waals surface area contributed by atoms with Crippen LogP contribution >= 0.6 is 11.3 Å². The van der Waals surface area contributed by atoms with Crippen LogP contribution in [0, 0.1) is 0 Å². The molecule has 0 N–H and O–H groups in total. The van der Waals surface area contributed by atoms with E-state index in [2.05, 4.69) is 4.98 Å². The molecule has 1 aromatic rings. The lowest BCUT2D eigenvalue weighted by molar-refractivity contribution is -0.132. The van der Waals surface area contributed by atoms with Gasteiger partial charge >= 0.3 is 0 Å². The van der Waals surface area contributed by atoms with E-state index in [1.165, 1.54) is 10.6 Å². The van der Waals surface area contributed by atoms with E-state index >= 15 is 0 Å². The second-order valence-corrected chi connectivity index (χ2v) is 7.43. The normalized spacial score (nSPS) is 17.6. The van der Waals surface area contributed by atoms with Crippen LogP contribution in [0.25, 0.3) is 0 Å². The van der Waals surface area contributed by atoms with Crippen LogP contribution in [-0.4, -0.2) is 60.9 Å². The molecule has 0 spiro atoms. The molecule has 6 nitrogen and oxygen atoms in total. The molecule has 1 aliphatic rings. The van der Waals surface area contributed by atoms with Gasteiger partial charge in [-0.05, 0) is 0 Å². The summed E-state index contributed by atoms with van der Waals surface area (Å²) in [6.45, 7) is 1.73. The first-order valence-electron chi connectivity index (χ1n) is 6.08. The molecular weight excluding hydrogens is 286 g/mol. The van der Waals surface area contributed by atoms with E-state index in [-0.39, 0.29) is 5.91 Å². The van der Waals surface area contributed by atoms with Crippen LogP contribution in [0.4, 0.5) is 0 Å². The fraction of sp³-hybridized carbons (Fsp3) is 0.636. The van der Waals surface area contributed by atoms with E-state index in [4.69, 9.17) is 0 Å². The zero-order valence-corrected chi connectivity index (χ0v) is 12.4. The van der Waals surface area contributed by atoms with Crippen molar-refractivity contribution in [2.24, 2.45) is 0 Å². The number of rotatable bonds is 4. The third-order valence-corrected chi connectivity index (χ3v) is 5.24. The summed E-state index contributed by atoms with van der Waals surface area (Å²) in [7, 11) is -3.14. The molecule has 2 rings (SSSR count). The largest absolute Gasteiger partial charge is 0.340 e. The fourth-order valence-electron chi connectivity index (χ4n) is 2.02. The van der Waals surface area contributed by atoms with E-state index in [0.29, 0.717) is 39.0 Å². The van der Waals surface area contributed by atoms with Crippen molar-refractivity contribution in [2.45, 2.75) is 12.8 Å². The van der Waals surface area contributed by atoms with Gasteiger partial charge in [0.25, 0.3) is 0 Å². The maximum absolute atomic E-state index is 12.0. The quantitative estimate of drug-likeness (QED) is 0.795. The molecule has 1 fully saturated rings. The Kier molecular flexibility index (Phi) is 4.54. The number of hydrogen-bond acceptors (Lipinski definition) is 5. The molecular formula is C11H17N3O3S2. The van der Waals surface area contributed by atoms with Crippen molar-refractivity contribution in [3.8, 4) is 0 Å². The number of carbonyl (C=O) groups excluding carboxylic acids is 1. The lowest BCUT2D eigenvalue weighted by Gasteiger charge is -2.33. The summed E-state index contributed by atoms with van der Waals surface area (Å²) in [6, 6.07) is 0. The van der Waals surface area contributed by atoms with Crippen LogP contribution in [0.1, 0.15) is 11.4 Å². The molecule has 106 valence electrons. The Balaban J connectivity index is 1.79. The Bertz CT molecular complexity index is 519. The van der Waals surface area contributed by atoms with Crippen molar-refractivity contribution in [1.29, 1.82) is 0 Å². The number of carbonyl (C=O) groups is 1. The van der Waals surface area contributed by atoms with Crippen molar-refractivity contribution in [1.82, 2.24) is 14.2 Å². The molecule has 0 bridgehead atoms. The van der Waals surface area contributed by atoms with Gasteiger partial charge in [-0.25, -0.2) is 13.4 Å². The number of sulfonamides is 1. The Morgan fingerprint density at radius 1 is 1.37 bits per heavy atom. The zero-order valence-electron chi connectivity index (χ0n) is 10.8. The van der Waals surface area contributed by atoms with Crippen LogP contribution in [0.15, 0.2) is 11.6 Å². The lowest BCUT2D eigenvalue weighted by atomic mass is 10.2. The van der Waals surface area contributed by atoms with Gasteiger partial charge in [0, 0.05) is 50.6 Å². The van der Waals surface area contributed by atoms with Gasteiger partial charge in [0.1, 0.15) is 0 Å². The minimum absolute atomic E-state index is 0.0725. The van der Waals surface area contributed by atoms with Crippen molar-refractivity contribution < 1.29 is 13.2 Å². The second-order valence-electron chi connectivity index (χ2n) is 4.47. The van der Waals surface area contributed by atoms with Crippen LogP contribution < -0.4 is 0 Å². The monoisotopic (exact) mass is 303 g/mol. The average Bonchev–Trinajstić information content (AvgIpc) is 2.88. The maximum Gasteiger partial charge on any atom is 0.223 e. The second kappa shape index (κ2) is 5.98. The number of thiazole rings is 1. The Morgan fingerprint density at radius 2 is 2.05 bits per heavy atom. The molecule has 1 saturated heterocycles. The highest BCUT2D eigenvalue weighted by Gasteiger charge is 2.25. The zero-order chi connectivity index (χ0) is 13.9. The maximum atomic E-state index is 12.0. The Hall–Kier alpha value is -0.990. The van der Waals surface area contributed by atoms with Gasteiger partial charge in [-0.1, -0.05) is 0 Å². The molecule has 1 amide bonds. The lowest BCUT2D eigenvalue weighted by Crippen LogP contribution is -2.50. The van der Waals surface area contributed by atoms with Crippen LogP contribution in [-0.2, 0) is 21.2 Å². The standard InChI is InChI=1S/C11H17N3O3S2/c1-19(16,17)14-7-5-13(6-8-14)11(15)3-2-10-12-4-9-18-10/h4,9H,2-3,5-8H2,1H3.